The number of benzene rings is 2. The highest BCUT2D eigenvalue weighted by Crippen LogP contribution is 2.44. The number of thiophene rings is 1. The van der Waals surface area contributed by atoms with E-state index in [9.17, 15) is 0 Å². The van der Waals surface area contributed by atoms with Gasteiger partial charge in [-0.1, -0.05) is 54.6 Å². The second-order valence-electron chi connectivity index (χ2n) is 7.35. The number of fused-ring (bicyclic) bond motifs is 1. The van der Waals surface area contributed by atoms with Crippen molar-refractivity contribution < 1.29 is 0 Å². The molecule has 0 amide bonds. The fraction of sp³-hybridized carbons (Fsp3) is 0.160. The van der Waals surface area contributed by atoms with Crippen LogP contribution in [-0.2, 0) is 6.42 Å². The topological polar surface area (TPSA) is 17.8 Å². The van der Waals surface area contributed by atoms with Crippen LogP contribution in [0.5, 0.6) is 0 Å². The Labute approximate surface area is 169 Å². The minimum Gasteiger partial charge on any atom is -0.323 e. The molecular weight excluding hydrogens is 360 g/mol. The number of hydrogen-bond acceptors (Lipinski definition) is 2. The van der Waals surface area contributed by atoms with Crippen LogP contribution in [0.1, 0.15) is 36.2 Å². The molecule has 0 aliphatic carbocycles. The van der Waals surface area contributed by atoms with Crippen molar-refractivity contribution in [3.05, 3.63) is 101 Å². The second-order valence-corrected chi connectivity index (χ2v) is 8.13. The van der Waals surface area contributed by atoms with E-state index in [2.05, 4.69) is 87.9 Å². The molecule has 0 spiro atoms. The van der Waals surface area contributed by atoms with E-state index in [1.807, 2.05) is 12.5 Å². The third-order valence-electron chi connectivity index (χ3n) is 5.72. The maximum absolute atomic E-state index is 4.40. The summed E-state index contributed by atoms with van der Waals surface area (Å²) in [6, 6.07) is 22.3. The molecule has 2 aromatic heterocycles. The molecule has 5 rings (SSSR count). The Kier molecular flexibility index (Phi) is 4.46. The molecule has 1 aliphatic rings. The molecule has 2 aromatic carbocycles. The second kappa shape index (κ2) is 7.25. The van der Waals surface area contributed by atoms with Gasteiger partial charge in [0.05, 0.1) is 24.3 Å². The first-order valence-electron chi connectivity index (χ1n) is 9.71. The molecular formula is C25H22N2S. The first kappa shape index (κ1) is 17.2. The van der Waals surface area contributed by atoms with Crippen molar-refractivity contribution in [3.8, 4) is 11.1 Å². The summed E-state index contributed by atoms with van der Waals surface area (Å²) in [6.45, 7) is 2.23. The van der Waals surface area contributed by atoms with Gasteiger partial charge in [0.2, 0.25) is 0 Å². The van der Waals surface area contributed by atoms with Crippen LogP contribution in [0.15, 0.2) is 83.9 Å². The predicted molar refractivity (Wildman–Crippen MR) is 118 cm³/mol. The molecule has 0 bridgehead atoms. The third-order valence-corrected chi connectivity index (χ3v) is 6.41. The van der Waals surface area contributed by atoms with Gasteiger partial charge in [-0.2, -0.15) is 11.3 Å². The molecule has 0 fully saturated rings. The van der Waals surface area contributed by atoms with Gasteiger partial charge >= 0.3 is 0 Å². The average molecular weight is 383 g/mol. The molecule has 138 valence electrons. The Morgan fingerprint density at radius 3 is 2.50 bits per heavy atom. The molecule has 0 N–H and O–H groups in total. The lowest BCUT2D eigenvalue weighted by Crippen LogP contribution is -2.08. The fourth-order valence-electron chi connectivity index (χ4n) is 4.28. The van der Waals surface area contributed by atoms with Crippen LogP contribution in [0.3, 0.4) is 0 Å². The van der Waals surface area contributed by atoms with Gasteiger partial charge in [-0.25, -0.2) is 4.98 Å². The summed E-state index contributed by atoms with van der Waals surface area (Å²) in [4.78, 5) is 4.40. The Morgan fingerprint density at radius 2 is 1.75 bits per heavy atom. The summed E-state index contributed by atoms with van der Waals surface area (Å²) in [5.74, 6) is 0. The highest BCUT2D eigenvalue weighted by molar-refractivity contribution is 7.08. The lowest BCUT2D eigenvalue weighted by atomic mass is 9.92. The van der Waals surface area contributed by atoms with E-state index in [-0.39, 0.29) is 0 Å². The first-order chi connectivity index (χ1) is 13.8. The smallest absolute Gasteiger partial charge is 0.0956 e. The fourth-order valence-corrected chi connectivity index (χ4v) is 4.94. The molecule has 0 saturated heterocycles. The van der Waals surface area contributed by atoms with Crippen LogP contribution in [0.2, 0.25) is 0 Å². The van der Waals surface area contributed by atoms with E-state index < -0.39 is 0 Å². The molecule has 1 aliphatic heterocycles. The van der Waals surface area contributed by atoms with Gasteiger partial charge in [0.1, 0.15) is 0 Å². The summed E-state index contributed by atoms with van der Waals surface area (Å²) in [5.41, 5.74) is 9.34. The van der Waals surface area contributed by atoms with Crippen molar-refractivity contribution in [2.45, 2.75) is 25.8 Å². The van der Waals surface area contributed by atoms with Crippen molar-refractivity contribution >= 4 is 22.5 Å². The Morgan fingerprint density at radius 1 is 0.929 bits per heavy atom. The number of aromatic nitrogens is 2. The number of nitrogens with zero attached hydrogens (tertiary/aromatic N) is 2. The van der Waals surface area contributed by atoms with Crippen LogP contribution in [0.25, 0.3) is 22.3 Å². The van der Waals surface area contributed by atoms with Gasteiger partial charge in [0.25, 0.3) is 0 Å². The van der Waals surface area contributed by atoms with Crippen LogP contribution in [0.4, 0.5) is 0 Å². The number of aryl methyl sites for hydroxylation is 1. The van der Waals surface area contributed by atoms with Crippen molar-refractivity contribution in [2.75, 3.05) is 0 Å². The minimum atomic E-state index is 0.344. The highest BCUT2D eigenvalue weighted by Gasteiger charge is 2.29. The van der Waals surface area contributed by atoms with E-state index >= 15 is 0 Å². The SMILES string of the molecule is CC1=C(c2ccccc2)C(CCc2ccc(-c3ccsc3)cc2)n2cncc21. The zero-order valence-corrected chi connectivity index (χ0v) is 16.7. The van der Waals surface area contributed by atoms with E-state index in [1.165, 1.54) is 39.1 Å². The monoisotopic (exact) mass is 382 g/mol. The lowest BCUT2D eigenvalue weighted by molar-refractivity contribution is 0.580. The molecule has 2 nitrogen and oxygen atoms in total. The van der Waals surface area contributed by atoms with Gasteiger partial charge in [0, 0.05) is 0 Å². The van der Waals surface area contributed by atoms with Crippen molar-refractivity contribution in [2.24, 2.45) is 0 Å². The summed E-state index contributed by atoms with van der Waals surface area (Å²) in [7, 11) is 0. The van der Waals surface area contributed by atoms with E-state index in [0.29, 0.717) is 6.04 Å². The zero-order chi connectivity index (χ0) is 18.9. The largest absolute Gasteiger partial charge is 0.323 e. The molecule has 28 heavy (non-hydrogen) atoms. The van der Waals surface area contributed by atoms with E-state index in [1.54, 1.807) is 11.3 Å². The molecule has 3 heteroatoms. The number of imidazole rings is 1. The third kappa shape index (κ3) is 3.02. The Balaban J connectivity index is 1.39. The maximum Gasteiger partial charge on any atom is 0.0956 e. The molecule has 4 aromatic rings. The molecule has 0 saturated carbocycles. The highest BCUT2D eigenvalue weighted by atomic mass is 32.1. The number of hydrogen-bond donors (Lipinski definition) is 0. The summed E-state index contributed by atoms with van der Waals surface area (Å²) >= 11 is 1.74. The zero-order valence-electron chi connectivity index (χ0n) is 15.9. The Hall–Kier alpha value is -2.91. The minimum absolute atomic E-state index is 0.344. The molecule has 0 radical (unpaired) electrons. The normalized spacial score (nSPS) is 15.8. The summed E-state index contributed by atoms with van der Waals surface area (Å²) < 4.78 is 2.34. The number of rotatable bonds is 5. The predicted octanol–water partition coefficient (Wildman–Crippen LogP) is 6.73. The van der Waals surface area contributed by atoms with Crippen LogP contribution < -0.4 is 0 Å². The van der Waals surface area contributed by atoms with Gasteiger partial charge < -0.3 is 4.57 Å². The summed E-state index contributed by atoms with van der Waals surface area (Å²) in [6.07, 6.45) is 6.10. The quantitative estimate of drug-likeness (QED) is 0.374. The van der Waals surface area contributed by atoms with Crippen LogP contribution >= 0.6 is 11.3 Å². The lowest BCUT2D eigenvalue weighted by Gasteiger charge is -2.19. The average Bonchev–Trinajstić information content (AvgIpc) is 3.47. The standard InChI is InChI=1S/C25H22N2S/c1-18-24-15-26-17-27(24)23(25(18)21-5-3-2-4-6-21)12-9-19-7-10-20(11-8-19)22-13-14-28-16-22/h2-8,10-11,13-17,23H,9,12H2,1H3. The van der Waals surface area contributed by atoms with Crippen LogP contribution in [-0.4, -0.2) is 9.55 Å². The van der Waals surface area contributed by atoms with Crippen molar-refractivity contribution in [3.63, 3.8) is 0 Å². The van der Waals surface area contributed by atoms with E-state index in [0.717, 1.165) is 12.8 Å². The van der Waals surface area contributed by atoms with Gasteiger partial charge in [0.15, 0.2) is 0 Å². The van der Waals surface area contributed by atoms with Crippen LogP contribution in [0, 0.1) is 0 Å². The molecule has 1 atom stereocenters. The maximum atomic E-state index is 4.40. The summed E-state index contributed by atoms with van der Waals surface area (Å²) in [5, 5.41) is 4.33. The first-order valence-corrected chi connectivity index (χ1v) is 10.7. The molecule has 1 unspecified atom stereocenters. The Bertz CT molecular complexity index is 1100. The van der Waals surface area contributed by atoms with Crippen molar-refractivity contribution in [1.29, 1.82) is 0 Å². The number of allylic oxidation sites excluding steroid dienone is 2. The van der Waals surface area contributed by atoms with Crippen molar-refractivity contribution in [1.82, 2.24) is 9.55 Å². The van der Waals surface area contributed by atoms with E-state index in [4.69, 9.17) is 0 Å². The van der Waals surface area contributed by atoms with Gasteiger partial charge in [-0.15, -0.1) is 0 Å². The van der Waals surface area contributed by atoms with Gasteiger partial charge in [-0.3, -0.25) is 0 Å². The molecule has 3 heterocycles. The van der Waals surface area contributed by atoms with Gasteiger partial charge in [-0.05, 0) is 70.0 Å².